The second kappa shape index (κ2) is 8.37. The third-order valence-corrected chi connectivity index (χ3v) is 6.58. The third-order valence-electron chi connectivity index (χ3n) is 6.58. The predicted molar refractivity (Wildman–Crippen MR) is 108 cm³/mol. The Morgan fingerprint density at radius 1 is 0.731 bits per heavy atom. The Balaban J connectivity index is 1.46. The highest BCUT2D eigenvalue weighted by molar-refractivity contribution is 5.65. The molecule has 2 aromatic rings. The zero-order valence-electron chi connectivity index (χ0n) is 15.9. The lowest BCUT2D eigenvalue weighted by molar-refractivity contribution is 0.356. The molecule has 0 nitrogen and oxygen atoms in total. The first kappa shape index (κ1) is 17.8. The molecule has 0 heterocycles. The standard InChI is InChI=1S/C25H31F/c26-25-18-20(17-19-7-3-1-4-8-19)11-16-24(25)23-14-12-22(13-15-23)21-9-5-2-6-10-21/h11-16,18-19,21H,1-10,17H2. The first-order valence-electron chi connectivity index (χ1n) is 10.7. The SMILES string of the molecule is Fc1cc(CC2CCCCC2)ccc1-c1ccc(C2CCCCC2)cc1. The van der Waals surface area contributed by atoms with E-state index in [2.05, 4.69) is 30.3 Å². The molecule has 2 saturated carbocycles. The van der Waals surface area contributed by atoms with Crippen LogP contribution in [0.2, 0.25) is 0 Å². The van der Waals surface area contributed by atoms with Gasteiger partial charge in [-0.2, -0.15) is 0 Å². The smallest absolute Gasteiger partial charge is 0.131 e. The minimum atomic E-state index is -0.0660. The molecule has 2 aliphatic carbocycles. The minimum Gasteiger partial charge on any atom is -0.206 e. The lowest BCUT2D eigenvalue weighted by Gasteiger charge is -2.22. The molecule has 2 aromatic carbocycles. The molecular formula is C25H31F. The van der Waals surface area contributed by atoms with Crippen molar-refractivity contribution in [3.8, 4) is 11.1 Å². The summed E-state index contributed by atoms with van der Waals surface area (Å²) in [6, 6.07) is 14.6. The van der Waals surface area contributed by atoms with E-state index >= 15 is 0 Å². The number of hydrogen-bond donors (Lipinski definition) is 0. The summed E-state index contributed by atoms with van der Waals surface area (Å²) < 4.78 is 14.7. The van der Waals surface area contributed by atoms with E-state index in [1.807, 2.05) is 6.07 Å². The van der Waals surface area contributed by atoms with Gasteiger partial charge in [-0.05, 0) is 53.9 Å². The summed E-state index contributed by atoms with van der Waals surface area (Å²) in [6.07, 6.45) is 14.4. The molecule has 0 N–H and O–H groups in total. The molecule has 0 atom stereocenters. The van der Waals surface area contributed by atoms with Crippen LogP contribution in [-0.2, 0) is 6.42 Å². The van der Waals surface area contributed by atoms with Crippen molar-refractivity contribution < 1.29 is 4.39 Å². The summed E-state index contributed by atoms with van der Waals surface area (Å²) >= 11 is 0. The van der Waals surface area contributed by atoms with Gasteiger partial charge in [0.2, 0.25) is 0 Å². The lowest BCUT2D eigenvalue weighted by atomic mass is 9.83. The normalized spacial score (nSPS) is 19.6. The van der Waals surface area contributed by atoms with Crippen molar-refractivity contribution >= 4 is 0 Å². The first-order chi connectivity index (χ1) is 12.8. The lowest BCUT2D eigenvalue weighted by Crippen LogP contribution is -2.09. The monoisotopic (exact) mass is 350 g/mol. The van der Waals surface area contributed by atoms with Crippen molar-refractivity contribution in [3.05, 3.63) is 59.4 Å². The van der Waals surface area contributed by atoms with Crippen LogP contribution < -0.4 is 0 Å². The number of rotatable bonds is 4. The molecule has 0 radical (unpaired) electrons. The van der Waals surface area contributed by atoms with Crippen LogP contribution in [0.5, 0.6) is 0 Å². The highest BCUT2D eigenvalue weighted by Crippen LogP contribution is 2.34. The van der Waals surface area contributed by atoms with Gasteiger partial charge in [0.05, 0.1) is 0 Å². The van der Waals surface area contributed by atoms with Crippen molar-refractivity contribution in [1.29, 1.82) is 0 Å². The van der Waals surface area contributed by atoms with Crippen molar-refractivity contribution in [2.24, 2.45) is 5.92 Å². The molecule has 0 amide bonds. The Kier molecular flexibility index (Phi) is 5.72. The maximum Gasteiger partial charge on any atom is 0.131 e. The van der Waals surface area contributed by atoms with Crippen molar-refractivity contribution in [2.45, 2.75) is 76.5 Å². The summed E-state index contributed by atoms with van der Waals surface area (Å²) in [5, 5.41) is 0. The molecule has 0 aromatic heterocycles. The van der Waals surface area contributed by atoms with Gasteiger partial charge in [-0.1, -0.05) is 87.8 Å². The Morgan fingerprint density at radius 3 is 2.04 bits per heavy atom. The van der Waals surface area contributed by atoms with E-state index in [0.717, 1.165) is 29.0 Å². The molecule has 138 valence electrons. The van der Waals surface area contributed by atoms with Crippen LogP contribution in [0.1, 0.15) is 81.3 Å². The van der Waals surface area contributed by atoms with Crippen molar-refractivity contribution in [3.63, 3.8) is 0 Å². The van der Waals surface area contributed by atoms with Gasteiger partial charge in [0.15, 0.2) is 0 Å². The zero-order chi connectivity index (χ0) is 17.8. The third kappa shape index (κ3) is 4.19. The van der Waals surface area contributed by atoms with Gasteiger partial charge in [-0.15, -0.1) is 0 Å². The second-order valence-electron chi connectivity index (χ2n) is 8.48. The number of halogens is 1. The Labute approximate surface area is 157 Å². The molecule has 4 rings (SSSR count). The summed E-state index contributed by atoms with van der Waals surface area (Å²) in [4.78, 5) is 0. The zero-order valence-corrected chi connectivity index (χ0v) is 15.9. The van der Waals surface area contributed by atoms with Crippen molar-refractivity contribution in [2.75, 3.05) is 0 Å². The summed E-state index contributed by atoms with van der Waals surface area (Å²) in [6.45, 7) is 0. The Bertz CT molecular complexity index is 703. The highest BCUT2D eigenvalue weighted by Gasteiger charge is 2.17. The van der Waals surface area contributed by atoms with Gasteiger partial charge in [-0.25, -0.2) is 4.39 Å². The van der Waals surface area contributed by atoms with E-state index in [1.165, 1.54) is 69.8 Å². The Hall–Kier alpha value is -1.63. The predicted octanol–water partition coefficient (Wildman–Crippen LogP) is 7.66. The molecule has 2 aliphatic rings. The van der Waals surface area contributed by atoms with Crippen LogP contribution in [0.3, 0.4) is 0 Å². The minimum absolute atomic E-state index is 0.0660. The van der Waals surface area contributed by atoms with E-state index in [0.29, 0.717) is 5.92 Å². The average Bonchev–Trinajstić information content (AvgIpc) is 2.70. The molecule has 0 unspecified atom stereocenters. The topological polar surface area (TPSA) is 0 Å². The number of hydrogen-bond acceptors (Lipinski definition) is 0. The van der Waals surface area contributed by atoms with Crippen LogP contribution in [0.4, 0.5) is 4.39 Å². The molecule has 0 spiro atoms. The molecule has 0 saturated heterocycles. The van der Waals surface area contributed by atoms with Gasteiger partial charge in [-0.3, -0.25) is 0 Å². The molecule has 0 bridgehead atoms. The quantitative estimate of drug-likeness (QED) is 0.531. The number of benzene rings is 2. The maximum absolute atomic E-state index is 14.7. The summed E-state index contributed by atoms with van der Waals surface area (Å²) in [5.74, 6) is 1.40. The van der Waals surface area contributed by atoms with Crippen LogP contribution in [0, 0.1) is 11.7 Å². The van der Waals surface area contributed by atoms with E-state index in [-0.39, 0.29) is 5.82 Å². The van der Waals surface area contributed by atoms with E-state index in [9.17, 15) is 4.39 Å². The first-order valence-corrected chi connectivity index (χ1v) is 10.7. The Morgan fingerprint density at radius 2 is 1.38 bits per heavy atom. The fraction of sp³-hybridized carbons (Fsp3) is 0.520. The molecule has 0 aliphatic heterocycles. The largest absolute Gasteiger partial charge is 0.206 e. The van der Waals surface area contributed by atoms with Gasteiger partial charge in [0.1, 0.15) is 5.82 Å². The summed E-state index contributed by atoms with van der Waals surface area (Å²) in [7, 11) is 0. The van der Waals surface area contributed by atoms with Crippen molar-refractivity contribution in [1.82, 2.24) is 0 Å². The van der Waals surface area contributed by atoms with E-state index in [4.69, 9.17) is 0 Å². The van der Waals surface area contributed by atoms with Gasteiger partial charge in [0, 0.05) is 5.56 Å². The highest BCUT2D eigenvalue weighted by atomic mass is 19.1. The van der Waals surface area contributed by atoms with Gasteiger partial charge in [0.25, 0.3) is 0 Å². The van der Waals surface area contributed by atoms with Gasteiger partial charge >= 0.3 is 0 Å². The van der Waals surface area contributed by atoms with Gasteiger partial charge < -0.3 is 0 Å². The van der Waals surface area contributed by atoms with Crippen LogP contribution in [-0.4, -0.2) is 0 Å². The van der Waals surface area contributed by atoms with E-state index < -0.39 is 0 Å². The molecule has 26 heavy (non-hydrogen) atoms. The fourth-order valence-corrected chi connectivity index (χ4v) is 5.02. The second-order valence-corrected chi connectivity index (χ2v) is 8.48. The molecule has 1 heteroatoms. The molecular weight excluding hydrogens is 319 g/mol. The molecule has 2 fully saturated rings. The van der Waals surface area contributed by atoms with Crippen LogP contribution in [0.25, 0.3) is 11.1 Å². The fourth-order valence-electron chi connectivity index (χ4n) is 5.02. The van der Waals surface area contributed by atoms with Crippen LogP contribution >= 0.6 is 0 Å². The van der Waals surface area contributed by atoms with Crippen LogP contribution in [0.15, 0.2) is 42.5 Å². The average molecular weight is 351 g/mol. The maximum atomic E-state index is 14.7. The van der Waals surface area contributed by atoms with E-state index in [1.54, 1.807) is 6.07 Å². The summed E-state index contributed by atoms with van der Waals surface area (Å²) in [5.41, 5.74) is 4.35.